The number of carbonyl (C=O) groups excluding carboxylic acids is 1. The molecule has 0 saturated carbocycles. The van der Waals surface area contributed by atoms with E-state index < -0.39 is 6.04 Å². The molecule has 0 aliphatic carbocycles. The molecular weight excluding hydrogens is 453 g/mol. The number of amides is 1. The van der Waals surface area contributed by atoms with Crippen LogP contribution < -0.4 is 10.9 Å². The Morgan fingerprint density at radius 3 is 2.52 bits per heavy atom. The van der Waals surface area contributed by atoms with Crippen LogP contribution in [0.15, 0.2) is 53.6 Å². The molecule has 158 valence electrons. The molecule has 0 fully saturated rings. The molecule has 0 bridgehead atoms. The summed E-state index contributed by atoms with van der Waals surface area (Å²) < 4.78 is 1.36. The minimum atomic E-state index is -0.761. The van der Waals surface area contributed by atoms with Crippen LogP contribution in [0.4, 0.5) is 5.69 Å². The first-order valence-electron chi connectivity index (χ1n) is 9.59. The first-order chi connectivity index (χ1) is 14.8. The summed E-state index contributed by atoms with van der Waals surface area (Å²) in [5, 5.41) is 4.51. The fourth-order valence-corrected chi connectivity index (χ4v) is 4.71. The molecule has 0 aliphatic rings. The van der Waals surface area contributed by atoms with Gasteiger partial charge in [0, 0.05) is 26.2 Å². The highest BCUT2D eigenvalue weighted by molar-refractivity contribution is 7.19. The fourth-order valence-electron chi connectivity index (χ4n) is 3.40. The number of aryl methyl sites for hydroxylation is 2. The van der Waals surface area contributed by atoms with Gasteiger partial charge in [-0.15, -0.1) is 11.3 Å². The van der Waals surface area contributed by atoms with Crippen LogP contribution in [0.25, 0.3) is 21.3 Å². The summed E-state index contributed by atoms with van der Waals surface area (Å²) in [5.41, 5.74) is 2.94. The zero-order valence-corrected chi connectivity index (χ0v) is 19.4. The van der Waals surface area contributed by atoms with E-state index in [1.165, 1.54) is 22.2 Å². The lowest BCUT2D eigenvalue weighted by Crippen LogP contribution is -2.31. The normalized spacial score (nSPS) is 12.2. The van der Waals surface area contributed by atoms with Gasteiger partial charge in [0.2, 0.25) is 5.91 Å². The number of hydrogen-bond donors (Lipinski definition) is 1. The summed E-state index contributed by atoms with van der Waals surface area (Å²) >= 11 is 13.6. The number of aromatic nitrogens is 2. The van der Waals surface area contributed by atoms with Crippen molar-refractivity contribution in [3.05, 3.63) is 79.6 Å². The maximum absolute atomic E-state index is 13.4. The fraction of sp³-hybridized carbons (Fsp3) is 0.174. The third-order valence-electron chi connectivity index (χ3n) is 5.18. The number of fused-ring (bicyclic) bond motifs is 1. The Kier molecular flexibility index (Phi) is 5.88. The van der Waals surface area contributed by atoms with Gasteiger partial charge in [-0.2, -0.15) is 0 Å². The lowest BCUT2D eigenvalue weighted by Gasteiger charge is -2.15. The summed E-state index contributed by atoms with van der Waals surface area (Å²) in [5.74, 6) is -0.330. The van der Waals surface area contributed by atoms with Crippen molar-refractivity contribution < 1.29 is 4.79 Å². The van der Waals surface area contributed by atoms with Gasteiger partial charge in [0.25, 0.3) is 5.56 Å². The minimum absolute atomic E-state index is 0.260. The van der Waals surface area contributed by atoms with Crippen LogP contribution in [0.3, 0.4) is 0 Å². The minimum Gasteiger partial charge on any atom is -0.324 e. The smallest absolute Gasteiger partial charge is 0.263 e. The molecule has 1 amide bonds. The first-order valence-corrected chi connectivity index (χ1v) is 11.2. The van der Waals surface area contributed by atoms with E-state index >= 15 is 0 Å². The lowest BCUT2D eigenvalue weighted by atomic mass is 10.0. The molecule has 2 aromatic heterocycles. The van der Waals surface area contributed by atoms with Gasteiger partial charge in [0.15, 0.2) is 0 Å². The third kappa shape index (κ3) is 4.11. The Balaban J connectivity index is 1.74. The molecule has 2 aromatic carbocycles. The molecule has 4 aromatic rings. The van der Waals surface area contributed by atoms with Crippen LogP contribution in [0, 0.1) is 13.8 Å². The molecule has 0 spiro atoms. The van der Waals surface area contributed by atoms with Crippen molar-refractivity contribution in [2.75, 3.05) is 5.32 Å². The van der Waals surface area contributed by atoms with E-state index in [0.29, 0.717) is 25.9 Å². The number of halogens is 2. The monoisotopic (exact) mass is 471 g/mol. The van der Waals surface area contributed by atoms with Crippen LogP contribution >= 0.6 is 34.5 Å². The van der Waals surface area contributed by atoms with E-state index in [0.717, 1.165) is 21.6 Å². The van der Waals surface area contributed by atoms with E-state index in [9.17, 15) is 9.59 Å². The summed E-state index contributed by atoms with van der Waals surface area (Å²) in [6.07, 6.45) is 1.43. The highest BCUT2D eigenvalue weighted by Crippen LogP contribution is 2.36. The summed E-state index contributed by atoms with van der Waals surface area (Å²) in [4.78, 5) is 32.3. The van der Waals surface area contributed by atoms with Gasteiger partial charge in [0.05, 0.1) is 11.7 Å². The number of hydrogen-bond acceptors (Lipinski definition) is 4. The molecule has 0 radical (unpaired) electrons. The summed E-state index contributed by atoms with van der Waals surface area (Å²) in [6, 6.07) is 11.9. The predicted molar refractivity (Wildman–Crippen MR) is 129 cm³/mol. The topological polar surface area (TPSA) is 64.0 Å². The van der Waals surface area contributed by atoms with Crippen molar-refractivity contribution in [3.63, 3.8) is 0 Å². The van der Waals surface area contributed by atoms with Gasteiger partial charge in [-0.05, 0) is 56.2 Å². The van der Waals surface area contributed by atoms with Gasteiger partial charge < -0.3 is 5.32 Å². The number of nitrogens with zero attached hydrogens (tertiary/aromatic N) is 2. The molecule has 2 heterocycles. The van der Waals surface area contributed by atoms with Crippen molar-refractivity contribution in [3.8, 4) is 11.1 Å². The molecule has 1 atom stereocenters. The SMILES string of the molecule is Cc1ccc(NC(=O)C(C)n2cnc3sc(C)c(-c4ccc(Cl)cc4)c3c2=O)cc1Cl. The van der Waals surface area contributed by atoms with Crippen molar-refractivity contribution in [2.24, 2.45) is 0 Å². The lowest BCUT2D eigenvalue weighted by molar-refractivity contribution is -0.118. The molecule has 4 rings (SSSR count). The molecule has 1 N–H and O–H groups in total. The Labute approximate surface area is 193 Å². The Morgan fingerprint density at radius 2 is 1.84 bits per heavy atom. The van der Waals surface area contributed by atoms with Gasteiger partial charge in [-0.25, -0.2) is 4.98 Å². The molecule has 8 heteroatoms. The molecular formula is C23H19Cl2N3O2S. The van der Waals surface area contributed by atoms with E-state index in [4.69, 9.17) is 23.2 Å². The molecule has 1 unspecified atom stereocenters. The van der Waals surface area contributed by atoms with E-state index in [1.54, 1.807) is 31.2 Å². The quantitative estimate of drug-likeness (QED) is 0.382. The van der Waals surface area contributed by atoms with Gasteiger partial charge >= 0.3 is 0 Å². The summed E-state index contributed by atoms with van der Waals surface area (Å²) in [7, 11) is 0. The average Bonchev–Trinajstić information content (AvgIpc) is 3.08. The van der Waals surface area contributed by atoms with Crippen molar-refractivity contribution in [1.82, 2.24) is 9.55 Å². The van der Waals surface area contributed by atoms with Gasteiger partial charge in [0.1, 0.15) is 10.9 Å². The Hall–Kier alpha value is -2.67. The first kappa shape index (κ1) is 21.6. The number of thiophene rings is 1. The summed E-state index contributed by atoms with van der Waals surface area (Å²) in [6.45, 7) is 5.51. The van der Waals surface area contributed by atoms with Crippen LogP contribution in [0.1, 0.15) is 23.4 Å². The highest BCUT2D eigenvalue weighted by atomic mass is 35.5. The number of carbonyl (C=O) groups is 1. The predicted octanol–water partition coefficient (Wildman–Crippen LogP) is 6.25. The number of nitrogens with one attached hydrogen (secondary N) is 1. The zero-order valence-electron chi connectivity index (χ0n) is 17.1. The third-order valence-corrected chi connectivity index (χ3v) is 6.85. The number of rotatable bonds is 4. The second kappa shape index (κ2) is 8.46. The van der Waals surface area contributed by atoms with Crippen molar-refractivity contribution in [1.29, 1.82) is 0 Å². The van der Waals surface area contributed by atoms with Gasteiger partial charge in [-0.3, -0.25) is 14.2 Å². The molecule has 31 heavy (non-hydrogen) atoms. The standard InChI is InChI=1S/C23H19Cl2N3O2S/c1-12-4-9-17(10-18(12)25)27-21(29)13(2)28-11-26-22-20(23(28)30)19(14(3)31-22)15-5-7-16(24)8-6-15/h4-11,13H,1-3H3,(H,27,29). The Morgan fingerprint density at radius 1 is 1.13 bits per heavy atom. The van der Waals surface area contributed by atoms with E-state index in [-0.39, 0.29) is 11.5 Å². The van der Waals surface area contributed by atoms with Crippen LogP contribution in [0.2, 0.25) is 10.0 Å². The highest BCUT2D eigenvalue weighted by Gasteiger charge is 2.22. The molecule has 5 nitrogen and oxygen atoms in total. The van der Waals surface area contributed by atoms with Crippen molar-refractivity contribution >= 4 is 56.3 Å². The second-order valence-corrected chi connectivity index (χ2v) is 9.35. The second-order valence-electron chi connectivity index (χ2n) is 7.31. The largest absolute Gasteiger partial charge is 0.324 e. The van der Waals surface area contributed by atoms with Crippen LogP contribution in [-0.2, 0) is 4.79 Å². The van der Waals surface area contributed by atoms with Crippen LogP contribution in [-0.4, -0.2) is 15.5 Å². The number of benzene rings is 2. The zero-order chi connectivity index (χ0) is 22.3. The maximum Gasteiger partial charge on any atom is 0.263 e. The van der Waals surface area contributed by atoms with Crippen molar-refractivity contribution in [2.45, 2.75) is 26.8 Å². The molecule has 0 saturated heterocycles. The number of anilines is 1. The van der Waals surface area contributed by atoms with E-state index in [2.05, 4.69) is 10.3 Å². The Bertz CT molecular complexity index is 1360. The van der Waals surface area contributed by atoms with Crippen LogP contribution in [0.5, 0.6) is 0 Å². The van der Waals surface area contributed by atoms with E-state index in [1.807, 2.05) is 32.0 Å². The molecule has 0 aliphatic heterocycles. The van der Waals surface area contributed by atoms with Gasteiger partial charge in [-0.1, -0.05) is 41.4 Å². The maximum atomic E-state index is 13.4. The average molecular weight is 472 g/mol.